The molecule has 3 aliphatic rings. The Bertz CT molecular complexity index is 1010. The summed E-state index contributed by atoms with van der Waals surface area (Å²) in [5, 5.41) is 38.8. The highest BCUT2D eigenvalue weighted by molar-refractivity contribution is 6.33. The van der Waals surface area contributed by atoms with E-state index in [0.29, 0.717) is 0 Å². The van der Waals surface area contributed by atoms with Crippen LogP contribution in [0.4, 0.5) is 0 Å². The van der Waals surface area contributed by atoms with Crippen molar-refractivity contribution in [3.8, 4) is 0 Å². The predicted octanol–water partition coefficient (Wildman–Crippen LogP) is 3.33. The molecule has 0 saturated carbocycles. The Labute approximate surface area is 136 Å². The van der Waals surface area contributed by atoms with Crippen LogP contribution in [0.15, 0.2) is 36.4 Å². The molecule has 3 N–H and O–H groups in total. The van der Waals surface area contributed by atoms with Crippen LogP contribution < -0.4 is 0 Å². The van der Waals surface area contributed by atoms with Gasteiger partial charge in [0.15, 0.2) is 0 Å². The Hall–Kier alpha value is -2.46. The number of hydrogen-bond donors (Lipinski definition) is 3. The van der Waals surface area contributed by atoms with Crippen LogP contribution in [-0.2, 0) is 0 Å². The first-order valence-corrected chi connectivity index (χ1v) is 8.24. The normalized spacial score (nSPS) is 24.9. The first-order chi connectivity index (χ1) is 11.7. The maximum Gasteiger partial charge on any atom is 0.105 e. The average Bonchev–Trinajstić information content (AvgIpc) is 3.17. The molecule has 0 spiro atoms. The van der Waals surface area contributed by atoms with Gasteiger partial charge in [-0.25, -0.2) is 0 Å². The van der Waals surface area contributed by atoms with Gasteiger partial charge < -0.3 is 15.3 Å². The van der Waals surface area contributed by atoms with E-state index in [1.54, 1.807) is 0 Å². The minimum atomic E-state index is -0.637. The molecule has 0 aromatic heterocycles. The Morgan fingerprint density at radius 3 is 0.708 bits per heavy atom. The van der Waals surface area contributed by atoms with Gasteiger partial charge in [-0.1, -0.05) is 36.4 Å². The molecule has 0 amide bonds. The van der Waals surface area contributed by atoms with Gasteiger partial charge in [-0.15, -0.1) is 0 Å². The quantitative estimate of drug-likeness (QED) is 0.436. The van der Waals surface area contributed by atoms with Crippen LogP contribution in [-0.4, -0.2) is 15.3 Å². The summed E-state index contributed by atoms with van der Waals surface area (Å²) in [4.78, 5) is 0. The van der Waals surface area contributed by atoms with Gasteiger partial charge in [0.05, 0.1) is 0 Å². The highest BCUT2D eigenvalue weighted by Gasteiger charge is 2.38. The molecule has 3 aliphatic carbocycles. The molecular weight excluding hydrogens is 300 g/mol. The standard InChI is InChI=1S/C21H12O3/c22-19-7-1-2-8-14-13(7)15-9(19)3-4-11-17(15)18-12(21(11)24)6-5-10(16(14)18)20(8)23/h1-6,19-24H. The molecule has 0 fully saturated rings. The molecule has 114 valence electrons. The first kappa shape index (κ1) is 12.0. The van der Waals surface area contributed by atoms with Crippen molar-refractivity contribution in [1.29, 1.82) is 0 Å². The van der Waals surface area contributed by atoms with Crippen LogP contribution in [0.2, 0.25) is 0 Å². The van der Waals surface area contributed by atoms with E-state index in [9.17, 15) is 15.3 Å². The van der Waals surface area contributed by atoms with Gasteiger partial charge in [0, 0.05) is 0 Å². The lowest BCUT2D eigenvalue weighted by Crippen LogP contribution is -1.96. The number of rotatable bonds is 0. The molecule has 7 rings (SSSR count). The molecule has 3 heteroatoms. The van der Waals surface area contributed by atoms with Crippen LogP contribution in [0.3, 0.4) is 0 Å². The van der Waals surface area contributed by atoms with E-state index < -0.39 is 18.3 Å². The fourth-order valence-corrected chi connectivity index (χ4v) is 5.39. The Balaban J connectivity index is 1.98. The van der Waals surface area contributed by atoms with Crippen LogP contribution in [0.25, 0.3) is 32.3 Å². The number of aliphatic hydroxyl groups is 3. The molecule has 3 nitrogen and oxygen atoms in total. The Morgan fingerprint density at radius 2 is 0.542 bits per heavy atom. The van der Waals surface area contributed by atoms with Crippen molar-refractivity contribution in [3.05, 3.63) is 69.8 Å². The summed E-state index contributed by atoms with van der Waals surface area (Å²) >= 11 is 0. The summed E-state index contributed by atoms with van der Waals surface area (Å²) in [6, 6.07) is 11.7. The first-order valence-electron chi connectivity index (χ1n) is 8.24. The molecule has 0 aliphatic heterocycles. The lowest BCUT2D eigenvalue weighted by Gasteiger charge is -2.08. The predicted molar refractivity (Wildman–Crippen MR) is 91.1 cm³/mol. The molecule has 4 aromatic carbocycles. The molecule has 0 radical (unpaired) electrons. The zero-order valence-electron chi connectivity index (χ0n) is 12.5. The van der Waals surface area contributed by atoms with Gasteiger partial charge in [0.25, 0.3) is 0 Å². The van der Waals surface area contributed by atoms with Crippen LogP contribution in [0, 0.1) is 0 Å². The van der Waals surface area contributed by atoms with Crippen molar-refractivity contribution in [2.24, 2.45) is 0 Å². The minimum Gasteiger partial charge on any atom is -0.384 e. The zero-order valence-corrected chi connectivity index (χ0v) is 12.5. The second-order valence-electron chi connectivity index (χ2n) is 7.19. The molecule has 0 bridgehead atoms. The molecule has 0 saturated heterocycles. The highest BCUT2D eigenvalue weighted by Crippen LogP contribution is 2.58. The van der Waals surface area contributed by atoms with Crippen molar-refractivity contribution < 1.29 is 15.3 Å². The largest absolute Gasteiger partial charge is 0.384 e. The van der Waals surface area contributed by atoms with Crippen LogP contribution in [0.5, 0.6) is 0 Å². The summed E-state index contributed by atoms with van der Waals surface area (Å²) in [5.41, 5.74) is 5.47. The monoisotopic (exact) mass is 312 g/mol. The van der Waals surface area contributed by atoms with E-state index in [1.807, 2.05) is 36.4 Å². The van der Waals surface area contributed by atoms with Gasteiger partial charge >= 0.3 is 0 Å². The molecule has 24 heavy (non-hydrogen) atoms. The summed E-state index contributed by atoms with van der Waals surface area (Å²) in [5.74, 6) is 0. The summed E-state index contributed by atoms with van der Waals surface area (Å²) < 4.78 is 0. The second-order valence-corrected chi connectivity index (χ2v) is 7.19. The Morgan fingerprint density at radius 1 is 0.375 bits per heavy atom. The van der Waals surface area contributed by atoms with E-state index in [0.717, 1.165) is 65.7 Å². The third-order valence-corrected chi connectivity index (χ3v) is 6.33. The van der Waals surface area contributed by atoms with E-state index in [4.69, 9.17) is 0 Å². The number of aliphatic hydroxyl groups excluding tert-OH is 3. The third kappa shape index (κ3) is 0.940. The van der Waals surface area contributed by atoms with E-state index >= 15 is 0 Å². The smallest absolute Gasteiger partial charge is 0.105 e. The van der Waals surface area contributed by atoms with Crippen molar-refractivity contribution >= 4 is 32.3 Å². The van der Waals surface area contributed by atoms with Crippen molar-refractivity contribution in [2.75, 3.05) is 0 Å². The summed E-state index contributed by atoms with van der Waals surface area (Å²) in [6.45, 7) is 0. The summed E-state index contributed by atoms with van der Waals surface area (Å²) in [6.07, 6.45) is -1.91. The van der Waals surface area contributed by atoms with Gasteiger partial charge in [-0.3, -0.25) is 0 Å². The lowest BCUT2D eigenvalue weighted by molar-refractivity contribution is 0.223. The van der Waals surface area contributed by atoms with E-state index in [2.05, 4.69) is 0 Å². The van der Waals surface area contributed by atoms with E-state index in [1.165, 1.54) is 0 Å². The fraction of sp³-hybridized carbons (Fsp3) is 0.143. The lowest BCUT2D eigenvalue weighted by atomic mass is 9.95. The SMILES string of the molecule is OC1c2ccc3c4c2c2c1ccc1c2c2c(ccc(c42)C3O)C1O. The van der Waals surface area contributed by atoms with E-state index in [-0.39, 0.29) is 0 Å². The molecule has 0 heterocycles. The van der Waals surface area contributed by atoms with Crippen molar-refractivity contribution in [1.82, 2.24) is 0 Å². The van der Waals surface area contributed by atoms with Crippen molar-refractivity contribution in [3.63, 3.8) is 0 Å². The third-order valence-electron chi connectivity index (χ3n) is 6.33. The van der Waals surface area contributed by atoms with Crippen molar-refractivity contribution in [2.45, 2.75) is 18.3 Å². The van der Waals surface area contributed by atoms with Crippen LogP contribution >= 0.6 is 0 Å². The average molecular weight is 312 g/mol. The highest BCUT2D eigenvalue weighted by atomic mass is 16.3. The van der Waals surface area contributed by atoms with Crippen LogP contribution in [0.1, 0.15) is 51.7 Å². The van der Waals surface area contributed by atoms with Gasteiger partial charge in [-0.05, 0) is 65.7 Å². The molecular formula is C21H12O3. The number of benzene rings is 4. The maximum atomic E-state index is 10.8. The molecule has 0 atom stereocenters. The zero-order chi connectivity index (χ0) is 15.9. The fourth-order valence-electron chi connectivity index (χ4n) is 5.39. The van der Waals surface area contributed by atoms with Gasteiger partial charge in [0.2, 0.25) is 0 Å². The molecule has 4 aromatic rings. The maximum absolute atomic E-state index is 10.8. The second kappa shape index (κ2) is 3.33. The summed E-state index contributed by atoms with van der Waals surface area (Å²) in [7, 11) is 0. The Kier molecular flexibility index (Phi) is 1.66. The molecule has 0 unspecified atom stereocenters. The number of hydrogen-bond acceptors (Lipinski definition) is 3. The van der Waals surface area contributed by atoms with Gasteiger partial charge in [0.1, 0.15) is 18.3 Å². The van der Waals surface area contributed by atoms with Gasteiger partial charge in [-0.2, -0.15) is 0 Å². The topological polar surface area (TPSA) is 60.7 Å². The minimum absolute atomic E-state index is 0.637.